The molecule has 2 atom stereocenters. The summed E-state index contributed by atoms with van der Waals surface area (Å²) >= 11 is 0. The van der Waals surface area contributed by atoms with Crippen molar-refractivity contribution in [3.05, 3.63) is 17.5 Å². The Bertz CT molecular complexity index is 907. The lowest BCUT2D eigenvalue weighted by atomic mass is 9.80. The molecule has 10 heteroatoms. The third-order valence-electron chi connectivity index (χ3n) is 5.96. The Balaban J connectivity index is 1.60. The molecule has 2 N–H and O–H groups in total. The maximum atomic E-state index is 13.4. The number of aryl methyl sites for hydroxylation is 1. The number of hydrogen-bond donors (Lipinski definition) is 2. The molecule has 0 aromatic carbocycles. The Morgan fingerprint density at radius 1 is 1.21 bits per heavy atom. The normalized spacial score (nSPS) is 24.3. The lowest BCUT2D eigenvalue weighted by Gasteiger charge is -2.37. The number of rotatable bonds is 1. The number of nitrogens with one attached hydrogen (secondary N) is 2. The smallest absolute Gasteiger partial charge is 0.421 e. The molecule has 2 aliphatic carbocycles. The fraction of sp³-hybridized carbons (Fsp3) is 0.611. The molecule has 3 heterocycles. The third kappa shape index (κ3) is 2.85. The first-order chi connectivity index (χ1) is 13.4. The van der Waals surface area contributed by atoms with Gasteiger partial charge in [-0.05, 0) is 39.0 Å². The lowest BCUT2D eigenvalue weighted by Crippen LogP contribution is -2.42. The van der Waals surface area contributed by atoms with Crippen molar-refractivity contribution in [2.75, 3.05) is 17.2 Å². The Morgan fingerprint density at radius 2 is 2.04 bits per heavy atom. The summed E-state index contributed by atoms with van der Waals surface area (Å²) in [5.41, 5.74) is -0.0996. The van der Waals surface area contributed by atoms with Gasteiger partial charge in [-0.15, -0.1) is 0 Å². The minimum atomic E-state index is -4.52. The molecule has 2 saturated carbocycles. The zero-order valence-corrected chi connectivity index (χ0v) is 15.4. The highest BCUT2D eigenvalue weighted by molar-refractivity contribution is 5.62. The fourth-order valence-corrected chi connectivity index (χ4v) is 3.90. The van der Waals surface area contributed by atoms with Gasteiger partial charge >= 0.3 is 6.18 Å². The summed E-state index contributed by atoms with van der Waals surface area (Å²) in [5.74, 6) is 1.28. The van der Waals surface area contributed by atoms with Crippen LogP contribution in [0.1, 0.15) is 49.4 Å². The number of nitrogens with zero attached hydrogens (tertiary/aromatic N) is 4. The second-order valence-corrected chi connectivity index (χ2v) is 7.77. The SMILES string of the molecule is Cc1nn(C2CCC2)c2c1OCC1CCC1Nc1nc(ncc1C(F)(F)F)N2. The zero-order chi connectivity index (χ0) is 19.5. The molecule has 0 radical (unpaired) electrons. The van der Waals surface area contributed by atoms with E-state index in [1.54, 1.807) is 0 Å². The van der Waals surface area contributed by atoms with Crippen LogP contribution in [0.3, 0.4) is 0 Å². The summed E-state index contributed by atoms with van der Waals surface area (Å²) in [7, 11) is 0. The van der Waals surface area contributed by atoms with E-state index in [-0.39, 0.29) is 29.8 Å². The topological polar surface area (TPSA) is 76.9 Å². The Morgan fingerprint density at radius 3 is 2.68 bits per heavy atom. The van der Waals surface area contributed by atoms with Crippen LogP contribution in [0, 0.1) is 12.8 Å². The molecule has 28 heavy (non-hydrogen) atoms. The van der Waals surface area contributed by atoms with E-state index in [9.17, 15) is 13.2 Å². The summed E-state index contributed by atoms with van der Waals surface area (Å²) < 4.78 is 48.2. The highest BCUT2D eigenvalue weighted by Crippen LogP contribution is 2.42. The van der Waals surface area contributed by atoms with Crippen LogP contribution < -0.4 is 15.4 Å². The van der Waals surface area contributed by atoms with Crippen molar-refractivity contribution < 1.29 is 17.9 Å². The molecule has 1 aliphatic heterocycles. The number of ether oxygens (including phenoxy) is 1. The van der Waals surface area contributed by atoms with Crippen molar-refractivity contribution >= 4 is 17.6 Å². The average Bonchev–Trinajstić information content (AvgIpc) is 2.84. The van der Waals surface area contributed by atoms with Gasteiger partial charge < -0.3 is 15.4 Å². The number of fused-ring (bicyclic) bond motifs is 4. The zero-order valence-electron chi connectivity index (χ0n) is 15.4. The van der Waals surface area contributed by atoms with Crippen molar-refractivity contribution in [1.29, 1.82) is 0 Å². The lowest BCUT2D eigenvalue weighted by molar-refractivity contribution is -0.137. The van der Waals surface area contributed by atoms with Crippen molar-refractivity contribution in [3.8, 4) is 5.75 Å². The maximum Gasteiger partial charge on any atom is 0.421 e. The van der Waals surface area contributed by atoms with Gasteiger partial charge in [0.1, 0.15) is 17.1 Å². The fourth-order valence-electron chi connectivity index (χ4n) is 3.90. The first kappa shape index (κ1) is 17.6. The van der Waals surface area contributed by atoms with Gasteiger partial charge in [-0.25, -0.2) is 9.67 Å². The van der Waals surface area contributed by atoms with E-state index in [1.807, 2.05) is 11.6 Å². The van der Waals surface area contributed by atoms with Gasteiger partial charge in [0.25, 0.3) is 0 Å². The van der Waals surface area contributed by atoms with Gasteiger partial charge in [0.05, 0.1) is 12.6 Å². The van der Waals surface area contributed by atoms with Gasteiger partial charge in [0, 0.05) is 18.2 Å². The van der Waals surface area contributed by atoms with Crippen LogP contribution in [-0.4, -0.2) is 32.4 Å². The summed E-state index contributed by atoms with van der Waals surface area (Å²) in [4.78, 5) is 8.08. The molecular formula is C18H21F3N6O. The first-order valence-electron chi connectivity index (χ1n) is 9.60. The quantitative estimate of drug-likeness (QED) is 0.760. The van der Waals surface area contributed by atoms with E-state index < -0.39 is 11.7 Å². The molecule has 150 valence electrons. The second-order valence-electron chi connectivity index (χ2n) is 7.77. The second kappa shape index (κ2) is 6.25. The third-order valence-corrected chi connectivity index (χ3v) is 5.96. The summed E-state index contributed by atoms with van der Waals surface area (Å²) in [6.45, 7) is 2.30. The van der Waals surface area contributed by atoms with E-state index in [2.05, 4.69) is 25.7 Å². The summed E-state index contributed by atoms with van der Waals surface area (Å²) in [5, 5.41) is 10.7. The monoisotopic (exact) mass is 394 g/mol. The Hall–Kier alpha value is -2.52. The summed E-state index contributed by atoms with van der Waals surface area (Å²) in [6, 6.07) is 0.152. The summed E-state index contributed by atoms with van der Waals surface area (Å²) in [6.07, 6.45) is 1.16. The molecule has 2 fully saturated rings. The minimum absolute atomic E-state index is 0.0959. The van der Waals surface area contributed by atoms with Crippen LogP contribution in [-0.2, 0) is 6.18 Å². The molecular weight excluding hydrogens is 373 g/mol. The number of anilines is 3. The van der Waals surface area contributed by atoms with Gasteiger partial charge in [-0.3, -0.25) is 0 Å². The number of halogens is 3. The molecule has 5 rings (SSSR count). The van der Waals surface area contributed by atoms with Crippen LogP contribution in [0.2, 0.25) is 0 Å². The van der Waals surface area contributed by atoms with Crippen LogP contribution in [0.5, 0.6) is 5.75 Å². The Kier molecular flexibility index (Phi) is 3.92. The number of alkyl halides is 3. The highest BCUT2D eigenvalue weighted by Gasteiger charge is 2.39. The molecule has 2 aromatic heterocycles. The van der Waals surface area contributed by atoms with Crippen molar-refractivity contribution in [2.45, 2.75) is 57.3 Å². The van der Waals surface area contributed by atoms with Gasteiger partial charge in [-0.2, -0.15) is 23.3 Å². The number of aromatic nitrogens is 4. The maximum absolute atomic E-state index is 13.4. The van der Waals surface area contributed by atoms with Gasteiger partial charge in [-0.1, -0.05) is 0 Å². The van der Waals surface area contributed by atoms with Crippen LogP contribution in [0.25, 0.3) is 0 Å². The van der Waals surface area contributed by atoms with E-state index in [4.69, 9.17) is 4.74 Å². The molecule has 0 amide bonds. The molecule has 0 spiro atoms. The molecule has 2 bridgehead atoms. The van der Waals surface area contributed by atoms with Gasteiger partial charge in [0.2, 0.25) is 5.95 Å². The molecule has 0 saturated heterocycles. The molecule has 2 unspecified atom stereocenters. The number of hydrogen-bond acceptors (Lipinski definition) is 6. The Labute approximate surface area is 159 Å². The highest BCUT2D eigenvalue weighted by atomic mass is 19.4. The molecule has 7 nitrogen and oxygen atoms in total. The van der Waals surface area contributed by atoms with Crippen molar-refractivity contribution in [2.24, 2.45) is 5.92 Å². The van der Waals surface area contributed by atoms with E-state index >= 15 is 0 Å². The van der Waals surface area contributed by atoms with E-state index in [0.29, 0.717) is 18.2 Å². The van der Waals surface area contributed by atoms with Crippen LogP contribution in [0.4, 0.5) is 30.8 Å². The predicted octanol–water partition coefficient (Wildman–Crippen LogP) is 4.05. The van der Waals surface area contributed by atoms with E-state index in [1.165, 1.54) is 0 Å². The minimum Gasteiger partial charge on any atom is -0.487 e. The molecule has 3 aliphatic rings. The van der Waals surface area contributed by atoms with Gasteiger partial charge in [0.15, 0.2) is 11.6 Å². The largest absolute Gasteiger partial charge is 0.487 e. The van der Waals surface area contributed by atoms with E-state index in [0.717, 1.165) is 44.0 Å². The van der Waals surface area contributed by atoms with Crippen LogP contribution in [0.15, 0.2) is 6.20 Å². The van der Waals surface area contributed by atoms with Crippen LogP contribution >= 0.6 is 0 Å². The predicted molar refractivity (Wildman–Crippen MR) is 95.8 cm³/mol. The first-order valence-corrected chi connectivity index (χ1v) is 9.60. The average molecular weight is 394 g/mol. The van der Waals surface area contributed by atoms with Crippen molar-refractivity contribution in [1.82, 2.24) is 19.7 Å². The standard InChI is InChI=1S/C18H21F3N6O/c1-9-14-16(27(26-9)11-3-2-4-11)25-17-22-7-12(18(19,20)21)15(24-17)23-13-6-5-10(13)8-28-14/h7,10-11,13H,2-6,8H2,1H3,(H2,22,23,24,25). The van der Waals surface area contributed by atoms with Crippen molar-refractivity contribution in [3.63, 3.8) is 0 Å². The molecule has 2 aromatic rings.